The minimum Gasteiger partial charge on any atom is -0.380 e. The van der Waals surface area contributed by atoms with Crippen LogP contribution in [-0.2, 0) is 11.3 Å². The van der Waals surface area contributed by atoms with Gasteiger partial charge in [0.1, 0.15) is 0 Å². The fourth-order valence-corrected chi connectivity index (χ4v) is 0.888. The maximum atomic E-state index is 11.0. The van der Waals surface area contributed by atoms with Gasteiger partial charge in [0, 0.05) is 6.61 Å². The molecule has 0 saturated heterocycles. The Morgan fingerprint density at radius 3 is 3.21 bits per heavy atom. The topological polar surface area (TPSA) is 95.1 Å². The summed E-state index contributed by atoms with van der Waals surface area (Å²) < 4.78 is 6.65. The molecule has 7 nitrogen and oxygen atoms in total. The third-order valence-electron chi connectivity index (χ3n) is 1.57. The number of hydrogen-bond donors (Lipinski definition) is 2. The van der Waals surface area contributed by atoms with E-state index in [-0.39, 0.29) is 5.69 Å². The number of amides is 1. The maximum absolute atomic E-state index is 11.0. The van der Waals surface area contributed by atoms with Gasteiger partial charge in [-0.1, -0.05) is 5.21 Å². The van der Waals surface area contributed by atoms with Crippen molar-refractivity contribution in [2.24, 2.45) is 5.84 Å². The first kappa shape index (κ1) is 10.6. The van der Waals surface area contributed by atoms with E-state index in [1.54, 1.807) is 0 Å². The van der Waals surface area contributed by atoms with E-state index in [9.17, 15) is 4.79 Å². The lowest BCUT2D eigenvalue weighted by atomic mass is 10.4. The van der Waals surface area contributed by atoms with E-state index < -0.39 is 5.91 Å². The number of nitrogens with one attached hydrogen (secondary N) is 1. The molecule has 0 aliphatic heterocycles. The van der Waals surface area contributed by atoms with Crippen LogP contribution in [0.5, 0.6) is 0 Å². The Morgan fingerprint density at radius 2 is 2.57 bits per heavy atom. The number of carbonyl (C=O) groups is 1. The lowest BCUT2D eigenvalue weighted by Crippen LogP contribution is -2.30. The van der Waals surface area contributed by atoms with Crippen LogP contribution in [0.2, 0.25) is 0 Å². The van der Waals surface area contributed by atoms with E-state index in [2.05, 4.69) is 10.3 Å². The zero-order valence-electron chi connectivity index (χ0n) is 7.93. The van der Waals surface area contributed by atoms with E-state index in [1.807, 2.05) is 12.3 Å². The van der Waals surface area contributed by atoms with Gasteiger partial charge in [-0.15, -0.1) is 5.10 Å². The third kappa shape index (κ3) is 2.79. The van der Waals surface area contributed by atoms with Gasteiger partial charge in [-0.25, -0.2) is 10.5 Å². The van der Waals surface area contributed by atoms with Gasteiger partial charge in [0.15, 0.2) is 5.69 Å². The molecule has 0 bridgehead atoms. The van der Waals surface area contributed by atoms with Gasteiger partial charge in [-0.2, -0.15) is 0 Å². The molecule has 1 amide bonds. The highest BCUT2D eigenvalue weighted by molar-refractivity contribution is 5.91. The van der Waals surface area contributed by atoms with Gasteiger partial charge >= 0.3 is 0 Å². The van der Waals surface area contributed by atoms with Crippen molar-refractivity contribution >= 4 is 5.91 Å². The van der Waals surface area contributed by atoms with Gasteiger partial charge in [-0.05, 0) is 6.92 Å². The Morgan fingerprint density at radius 1 is 1.79 bits per heavy atom. The van der Waals surface area contributed by atoms with Crippen molar-refractivity contribution in [1.82, 2.24) is 20.4 Å². The molecule has 0 unspecified atom stereocenters. The number of nitrogens with zero attached hydrogens (tertiary/aromatic N) is 3. The number of rotatable bonds is 5. The van der Waals surface area contributed by atoms with Gasteiger partial charge in [0.2, 0.25) is 0 Å². The van der Waals surface area contributed by atoms with Crippen LogP contribution < -0.4 is 11.3 Å². The zero-order chi connectivity index (χ0) is 10.4. The monoisotopic (exact) mass is 199 g/mol. The number of nitrogen functional groups attached to an aromatic ring is 1. The van der Waals surface area contributed by atoms with Crippen LogP contribution in [-0.4, -0.2) is 34.1 Å². The van der Waals surface area contributed by atoms with Crippen LogP contribution in [0.3, 0.4) is 0 Å². The molecule has 0 spiro atoms. The first-order valence-electron chi connectivity index (χ1n) is 4.26. The Bertz CT molecular complexity index is 298. The molecular formula is C7H13N5O2. The quantitative estimate of drug-likeness (QED) is 0.272. The predicted octanol–water partition coefficient (Wildman–Crippen LogP) is -1.08. The summed E-state index contributed by atoms with van der Waals surface area (Å²) >= 11 is 0. The second kappa shape index (κ2) is 5.30. The molecule has 0 radical (unpaired) electrons. The van der Waals surface area contributed by atoms with Crippen LogP contribution in [0, 0.1) is 0 Å². The summed E-state index contributed by atoms with van der Waals surface area (Å²) in [6, 6.07) is 0. The van der Waals surface area contributed by atoms with Crippen molar-refractivity contribution in [3.8, 4) is 0 Å². The third-order valence-corrected chi connectivity index (χ3v) is 1.57. The van der Waals surface area contributed by atoms with Gasteiger partial charge < -0.3 is 4.74 Å². The molecular weight excluding hydrogens is 186 g/mol. The highest BCUT2D eigenvalue weighted by Gasteiger charge is 2.07. The van der Waals surface area contributed by atoms with E-state index in [1.165, 1.54) is 10.9 Å². The molecule has 7 heteroatoms. The Kier molecular flexibility index (Phi) is 4.02. The first-order chi connectivity index (χ1) is 6.77. The van der Waals surface area contributed by atoms with E-state index in [0.717, 1.165) is 0 Å². The van der Waals surface area contributed by atoms with Gasteiger partial charge in [-0.3, -0.25) is 10.2 Å². The Hall–Kier alpha value is -1.47. The number of aromatic nitrogens is 3. The Labute approximate surface area is 81.2 Å². The molecule has 0 fully saturated rings. The normalized spacial score (nSPS) is 10.1. The Balaban J connectivity index is 2.46. The van der Waals surface area contributed by atoms with E-state index >= 15 is 0 Å². The number of ether oxygens (including phenoxy) is 1. The number of carbonyl (C=O) groups excluding carboxylic acids is 1. The van der Waals surface area contributed by atoms with E-state index in [0.29, 0.717) is 19.8 Å². The number of nitrogens with two attached hydrogens (primary N) is 1. The summed E-state index contributed by atoms with van der Waals surface area (Å²) in [7, 11) is 0. The fraction of sp³-hybridized carbons (Fsp3) is 0.571. The smallest absolute Gasteiger partial charge is 0.287 e. The minimum absolute atomic E-state index is 0.198. The van der Waals surface area contributed by atoms with Crippen molar-refractivity contribution in [3.63, 3.8) is 0 Å². The molecule has 0 aromatic carbocycles. The molecule has 0 saturated carbocycles. The highest BCUT2D eigenvalue weighted by atomic mass is 16.5. The molecule has 3 N–H and O–H groups in total. The molecule has 14 heavy (non-hydrogen) atoms. The SMILES string of the molecule is CCOCCn1cc(C(=O)NN)nn1. The molecule has 1 rings (SSSR count). The lowest BCUT2D eigenvalue weighted by Gasteiger charge is -1.99. The summed E-state index contributed by atoms with van der Waals surface area (Å²) in [5.74, 6) is 4.48. The highest BCUT2D eigenvalue weighted by Crippen LogP contribution is 1.92. The van der Waals surface area contributed by atoms with Crippen LogP contribution in [0.15, 0.2) is 6.20 Å². The summed E-state index contributed by atoms with van der Waals surface area (Å²) in [6.07, 6.45) is 1.52. The summed E-state index contributed by atoms with van der Waals surface area (Å²) in [6.45, 7) is 3.68. The molecule has 0 aliphatic carbocycles. The zero-order valence-corrected chi connectivity index (χ0v) is 7.93. The average molecular weight is 199 g/mol. The van der Waals surface area contributed by atoms with Crippen LogP contribution in [0.25, 0.3) is 0 Å². The molecule has 78 valence electrons. The standard InChI is InChI=1S/C7H13N5O2/c1-2-14-4-3-12-5-6(10-11-12)7(13)9-8/h5H,2-4,8H2,1H3,(H,9,13). The van der Waals surface area contributed by atoms with Crippen LogP contribution in [0.4, 0.5) is 0 Å². The second-order valence-electron chi connectivity index (χ2n) is 2.54. The largest absolute Gasteiger partial charge is 0.380 e. The summed E-state index contributed by atoms with van der Waals surface area (Å²) in [5.41, 5.74) is 2.17. The first-order valence-corrected chi connectivity index (χ1v) is 4.26. The lowest BCUT2D eigenvalue weighted by molar-refractivity contribution is 0.0948. The van der Waals surface area contributed by atoms with Gasteiger partial charge in [0.05, 0.1) is 19.3 Å². The minimum atomic E-state index is -0.451. The van der Waals surface area contributed by atoms with Gasteiger partial charge in [0.25, 0.3) is 5.91 Å². The average Bonchev–Trinajstić information content (AvgIpc) is 2.66. The molecule has 1 aromatic rings. The van der Waals surface area contributed by atoms with Crippen molar-refractivity contribution in [2.75, 3.05) is 13.2 Å². The second-order valence-corrected chi connectivity index (χ2v) is 2.54. The van der Waals surface area contributed by atoms with Crippen LogP contribution >= 0.6 is 0 Å². The van der Waals surface area contributed by atoms with Crippen molar-refractivity contribution in [1.29, 1.82) is 0 Å². The van der Waals surface area contributed by atoms with Crippen molar-refractivity contribution in [3.05, 3.63) is 11.9 Å². The number of hydrogen-bond acceptors (Lipinski definition) is 5. The fourth-order valence-electron chi connectivity index (χ4n) is 0.888. The predicted molar refractivity (Wildman–Crippen MR) is 48.2 cm³/mol. The van der Waals surface area contributed by atoms with Crippen LogP contribution in [0.1, 0.15) is 17.4 Å². The molecule has 0 atom stereocenters. The maximum Gasteiger partial charge on any atom is 0.287 e. The molecule has 1 heterocycles. The summed E-state index contributed by atoms with van der Waals surface area (Å²) in [4.78, 5) is 11.0. The van der Waals surface area contributed by atoms with E-state index in [4.69, 9.17) is 10.6 Å². The molecule has 0 aliphatic rings. The number of hydrazine groups is 1. The van der Waals surface area contributed by atoms with Crippen molar-refractivity contribution in [2.45, 2.75) is 13.5 Å². The summed E-state index contributed by atoms with van der Waals surface area (Å²) in [5, 5.41) is 7.36. The van der Waals surface area contributed by atoms with Crippen molar-refractivity contribution < 1.29 is 9.53 Å². The molecule has 1 aromatic heterocycles.